The number of benzene rings is 4. The molecule has 0 bridgehead atoms. The largest absolute Gasteiger partial charge is 0.469 e. The molecule has 10 aromatic rings. The van der Waals surface area contributed by atoms with Crippen LogP contribution in [0.1, 0.15) is 57.1 Å². The van der Waals surface area contributed by atoms with Crippen LogP contribution < -0.4 is 0 Å². The highest BCUT2D eigenvalue weighted by Gasteiger charge is 2.24. The number of carbonyl (C=O) groups excluding carboxylic acids is 5. The molecule has 0 spiro atoms. The van der Waals surface area contributed by atoms with Crippen LogP contribution >= 0.6 is 155 Å². The smallest absolute Gasteiger partial charge is 0.324 e. The second-order valence-electron chi connectivity index (χ2n) is 21.2. The van der Waals surface area contributed by atoms with Crippen LogP contribution in [0.3, 0.4) is 0 Å². The Hall–Kier alpha value is -7.88. The number of nitrogens with zero attached hydrogens (tertiary/aromatic N) is 9. The van der Waals surface area contributed by atoms with Crippen molar-refractivity contribution in [1.82, 2.24) is 29.9 Å². The third kappa shape index (κ3) is 28.9. The Morgan fingerprint density at radius 1 is 0.402 bits per heavy atom. The van der Waals surface area contributed by atoms with E-state index in [4.69, 9.17) is 149 Å². The zero-order valence-corrected chi connectivity index (χ0v) is 66.7. The molecule has 10 rings (SSSR count). The van der Waals surface area contributed by atoms with Crippen LogP contribution in [0, 0.1) is 30.2 Å². The summed E-state index contributed by atoms with van der Waals surface area (Å²) in [6.07, 6.45) is 0.235. The summed E-state index contributed by atoms with van der Waals surface area (Å²) in [7, 11) is 6.42. The van der Waals surface area contributed by atoms with E-state index in [0.29, 0.717) is 83.2 Å². The third-order valence-electron chi connectivity index (χ3n) is 13.7. The lowest BCUT2D eigenvalue weighted by molar-refractivity contribution is -0.143. The summed E-state index contributed by atoms with van der Waals surface area (Å²) in [6.45, 7) is 3.62. The monoisotopic (exact) mass is 1760 g/mol. The van der Waals surface area contributed by atoms with E-state index in [9.17, 15) is 41.5 Å². The first kappa shape index (κ1) is 89.7. The highest BCUT2D eigenvalue weighted by molar-refractivity contribution is 9.09. The van der Waals surface area contributed by atoms with Crippen molar-refractivity contribution in [2.75, 3.05) is 35.5 Å². The maximum atomic E-state index is 13.3. The van der Waals surface area contributed by atoms with E-state index in [0.717, 1.165) is 5.56 Å². The standard InChI is InChI=1S/C15H12Cl2FNO2.C14H9BrCl2FNO2.C14H9Cl2FN4O2.C14H10Cl2FNO2.C8H7Cl2NO2.C6H5Cl2N/c1-8(15(20)21-2)10-6-13(19-14(17)7-10)9-3-4-12(18)11(16)5-9;1-21-14(20)13(15)8-5-11(19-12(17)6-8)7-2-3-10(18)9(16)4-7;1-23-14(22)13(20-21-18)8-5-11(19-12(16)6-8)7-2-3-10(17)9(15)4-7;1-20-14(19)6-8-4-12(18-13(16)5-8)9-2-3-11(17)10(15)7-9;1-13-8(12)4-5-2-6(9)11-7(10)3-5;1-4-2-5(7)9-6(8)3-4/h3-8H,1-2H3;2-6,13H,1H3;2-6,13H,1H3;2-5,7H,6H2,1H3;2-3H,4H2,1H3;2-3H,1H3. The number of aromatic nitrogens is 6. The fourth-order valence-electron chi connectivity index (χ4n) is 8.61. The van der Waals surface area contributed by atoms with Crippen molar-refractivity contribution in [3.05, 3.63) is 274 Å². The number of methoxy groups -OCH3 is 5. The first-order valence-electron chi connectivity index (χ1n) is 29.8. The Morgan fingerprint density at radius 3 is 1.04 bits per heavy atom. The van der Waals surface area contributed by atoms with E-state index in [1.165, 1.54) is 108 Å². The summed E-state index contributed by atoms with van der Waals surface area (Å²) < 4.78 is 75.9. The Kier molecular flexibility index (Phi) is 36.9. The number of hydrogen-bond acceptors (Lipinski definition) is 17. The zero-order chi connectivity index (χ0) is 79.5. The molecule has 0 fully saturated rings. The van der Waals surface area contributed by atoms with Gasteiger partial charge < -0.3 is 23.7 Å². The van der Waals surface area contributed by atoms with Crippen molar-refractivity contribution in [2.45, 2.75) is 43.5 Å². The van der Waals surface area contributed by atoms with Crippen LogP contribution in [0.15, 0.2) is 151 Å². The topological polar surface area (TPSA) is 258 Å². The molecule has 0 saturated carbocycles. The van der Waals surface area contributed by atoms with Crippen molar-refractivity contribution in [3.63, 3.8) is 0 Å². The fraction of sp³-hybridized carbons (Fsp3) is 0.169. The predicted molar refractivity (Wildman–Crippen MR) is 411 cm³/mol. The fourth-order valence-corrected chi connectivity index (χ4v) is 11.7. The molecule has 560 valence electrons. The van der Waals surface area contributed by atoms with Gasteiger partial charge in [0, 0.05) is 27.2 Å². The van der Waals surface area contributed by atoms with Gasteiger partial charge in [0.05, 0.1) is 97.2 Å². The van der Waals surface area contributed by atoms with E-state index in [1.54, 1.807) is 79.7 Å². The number of ether oxygens (including phenoxy) is 5. The Bertz CT molecular complexity index is 4740. The molecule has 6 heterocycles. The van der Waals surface area contributed by atoms with Crippen LogP contribution in [-0.4, -0.2) is 95.3 Å². The van der Waals surface area contributed by atoms with E-state index in [1.807, 2.05) is 6.92 Å². The number of hydrogen-bond donors (Lipinski definition) is 0. The Labute approximate surface area is 677 Å². The first-order chi connectivity index (χ1) is 50.6. The number of azide groups is 1. The molecule has 36 heteroatoms. The third-order valence-corrected chi connectivity index (χ3v) is 17.3. The molecule has 19 nitrogen and oxygen atoms in total. The number of esters is 5. The lowest BCUT2D eigenvalue weighted by Crippen LogP contribution is -2.12. The molecule has 0 amide bonds. The van der Waals surface area contributed by atoms with E-state index < -0.39 is 52.0 Å². The number of rotatable bonds is 15. The van der Waals surface area contributed by atoms with Gasteiger partial charge in [-0.3, -0.25) is 24.0 Å². The van der Waals surface area contributed by atoms with Gasteiger partial charge in [-0.15, -0.1) is 0 Å². The van der Waals surface area contributed by atoms with Crippen LogP contribution in [0.25, 0.3) is 55.5 Å². The number of alkyl halides is 1. The van der Waals surface area contributed by atoms with Crippen molar-refractivity contribution in [3.8, 4) is 45.0 Å². The molecule has 0 radical (unpaired) electrons. The summed E-state index contributed by atoms with van der Waals surface area (Å²) in [5.74, 6) is -4.87. The van der Waals surface area contributed by atoms with Crippen molar-refractivity contribution < 1.29 is 65.2 Å². The normalized spacial score (nSPS) is 11.1. The maximum absolute atomic E-state index is 13.3. The molecule has 3 atom stereocenters. The highest BCUT2D eigenvalue weighted by Crippen LogP contribution is 2.35. The van der Waals surface area contributed by atoms with E-state index in [-0.39, 0.29) is 81.8 Å². The van der Waals surface area contributed by atoms with E-state index in [2.05, 4.69) is 74.8 Å². The second kappa shape index (κ2) is 43.9. The number of aryl methyl sites for hydroxylation is 1. The van der Waals surface area contributed by atoms with Gasteiger partial charge in [-0.05, 0) is 198 Å². The van der Waals surface area contributed by atoms with Gasteiger partial charge in [-0.1, -0.05) is 160 Å². The first-order valence-corrected chi connectivity index (χ1v) is 35.2. The molecular formula is C71H52BrCl12F4N9O10. The van der Waals surface area contributed by atoms with Crippen LogP contribution in [0.2, 0.25) is 61.3 Å². The summed E-state index contributed by atoms with van der Waals surface area (Å²) in [6, 6.07) is 34.9. The van der Waals surface area contributed by atoms with Crippen LogP contribution in [0.4, 0.5) is 17.6 Å². The molecule has 0 N–H and O–H groups in total. The van der Waals surface area contributed by atoms with Crippen molar-refractivity contribution in [1.29, 1.82) is 0 Å². The summed E-state index contributed by atoms with van der Waals surface area (Å²) >= 11 is 72.5. The number of halogens is 17. The molecule has 6 aromatic heterocycles. The minimum absolute atomic E-state index is 0.00112. The molecule has 0 aliphatic rings. The van der Waals surface area contributed by atoms with Gasteiger partial charge in [0.1, 0.15) is 69.3 Å². The quantitative estimate of drug-likeness (QED) is 0.0135. The Balaban J connectivity index is 0.000000235. The Morgan fingerprint density at radius 2 is 0.701 bits per heavy atom. The minimum atomic E-state index is -1.21. The van der Waals surface area contributed by atoms with Gasteiger partial charge in [0.15, 0.2) is 6.04 Å². The number of pyridine rings is 6. The minimum Gasteiger partial charge on any atom is -0.469 e. The van der Waals surface area contributed by atoms with Gasteiger partial charge in [-0.25, -0.2) is 47.5 Å². The van der Waals surface area contributed by atoms with Crippen LogP contribution in [0.5, 0.6) is 0 Å². The van der Waals surface area contributed by atoms with Gasteiger partial charge in [0.25, 0.3) is 0 Å². The lowest BCUT2D eigenvalue weighted by Gasteiger charge is -2.12. The number of carbonyl (C=O) groups is 5. The summed E-state index contributed by atoms with van der Waals surface area (Å²) in [5.41, 5.74) is 16.7. The summed E-state index contributed by atoms with van der Waals surface area (Å²) in [4.78, 5) is 83.1. The second-order valence-corrected chi connectivity index (χ2v) is 26.8. The van der Waals surface area contributed by atoms with Gasteiger partial charge in [-0.2, -0.15) is 0 Å². The molecule has 0 aliphatic heterocycles. The molecule has 3 unspecified atom stereocenters. The van der Waals surface area contributed by atoms with Gasteiger partial charge in [0.2, 0.25) is 0 Å². The molecular weight excluding hydrogens is 1720 g/mol. The molecule has 107 heavy (non-hydrogen) atoms. The predicted octanol–water partition coefficient (Wildman–Crippen LogP) is 22.7. The SMILES string of the molecule is COC(=O)C(Br)c1cc(Cl)nc(-c2ccc(F)c(Cl)c2)c1.COC(=O)C(C)c1cc(Cl)nc(-c2ccc(F)c(Cl)c2)c1.COC(=O)C(N=[N+]=[N-])c1cc(Cl)nc(-c2ccc(F)c(Cl)c2)c1.COC(=O)Cc1cc(Cl)nc(-c2ccc(F)c(Cl)c2)c1.COC(=O)Cc1cc(Cl)nc(Cl)c1.Cc1cc(Cl)nc(Cl)c1. The zero-order valence-electron chi connectivity index (χ0n) is 56.0. The average Bonchev–Trinajstić information content (AvgIpc) is 0.833. The van der Waals surface area contributed by atoms with Crippen molar-refractivity contribution >= 4 is 185 Å². The lowest BCUT2D eigenvalue weighted by atomic mass is 10.00. The average molecular weight is 1770 g/mol. The van der Waals surface area contributed by atoms with Crippen LogP contribution in [-0.2, 0) is 60.5 Å². The van der Waals surface area contributed by atoms with Crippen molar-refractivity contribution in [2.24, 2.45) is 5.11 Å². The summed E-state index contributed by atoms with van der Waals surface area (Å²) in [5, 5.41) is 5.48. The highest BCUT2D eigenvalue weighted by atomic mass is 79.9. The molecule has 0 saturated heterocycles. The molecule has 4 aromatic carbocycles. The van der Waals surface area contributed by atoms with E-state index >= 15 is 0 Å². The van der Waals surface area contributed by atoms with Gasteiger partial charge >= 0.3 is 29.8 Å². The maximum Gasteiger partial charge on any atom is 0.324 e. The molecule has 0 aliphatic carbocycles.